The van der Waals surface area contributed by atoms with Gasteiger partial charge in [-0.05, 0) is 67.4 Å². The molecule has 2 aromatic heterocycles. The van der Waals surface area contributed by atoms with E-state index in [-0.39, 0.29) is 42.4 Å². The number of carboxylic acids is 1. The van der Waals surface area contributed by atoms with Crippen molar-refractivity contribution in [3.05, 3.63) is 106 Å². The molecule has 1 unspecified atom stereocenters. The van der Waals surface area contributed by atoms with Crippen molar-refractivity contribution >= 4 is 28.6 Å². The Morgan fingerprint density at radius 3 is 2.62 bits per heavy atom. The summed E-state index contributed by atoms with van der Waals surface area (Å²) in [5, 5.41) is 10.0. The van der Waals surface area contributed by atoms with Crippen molar-refractivity contribution in [1.29, 1.82) is 0 Å². The number of hydrogen-bond donors (Lipinski definition) is 1. The van der Waals surface area contributed by atoms with Gasteiger partial charge in [-0.2, -0.15) is 0 Å². The maximum atomic E-state index is 15.9. The Balaban J connectivity index is 1.21. The molecule has 1 fully saturated rings. The Bertz CT molecular complexity index is 1940. The first kappa shape index (κ1) is 29.2. The van der Waals surface area contributed by atoms with Gasteiger partial charge in [0.2, 0.25) is 0 Å². The zero-order chi connectivity index (χ0) is 31.3. The topological polar surface area (TPSA) is 95.7 Å². The molecule has 3 aromatic carbocycles. The Kier molecular flexibility index (Phi) is 7.41. The van der Waals surface area contributed by atoms with Gasteiger partial charge in [-0.1, -0.05) is 23.7 Å². The van der Waals surface area contributed by atoms with Gasteiger partial charge in [0.1, 0.15) is 30.7 Å². The van der Waals surface area contributed by atoms with Crippen molar-refractivity contribution in [2.24, 2.45) is 0 Å². The highest BCUT2D eigenvalue weighted by molar-refractivity contribution is 6.30. The van der Waals surface area contributed by atoms with Crippen molar-refractivity contribution in [1.82, 2.24) is 14.5 Å². The monoisotopic (exact) mass is 631 g/mol. The summed E-state index contributed by atoms with van der Waals surface area (Å²) in [6.07, 6.45) is 2.34. The van der Waals surface area contributed by atoms with Crippen LogP contribution in [0.2, 0.25) is 5.02 Å². The van der Waals surface area contributed by atoms with Crippen molar-refractivity contribution in [2.75, 3.05) is 19.8 Å². The van der Waals surface area contributed by atoms with Crippen LogP contribution in [0.3, 0.4) is 0 Å². The van der Waals surface area contributed by atoms with Gasteiger partial charge >= 0.3 is 5.97 Å². The largest absolute Gasteiger partial charge is 0.489 e. The van der Waals surface area contributed by atoms with E-state index in [1.807, 2.05) is 17.6 Å². The molecule has 45 heavy (non-hydrogen) atoms. The SMILES string of the molecule is CC1(c2ccc(Cl)cn2)COc2cccc(-c3cc(F)c(Cc4nc5ccc(C(=O)O)cc5n4C[C@@H]4CCO4)cc3F)c2OC1. The number of hydrogen-bond acceptors (Lipinski definition) is 6. The van der Waals surface area contributed by atoms with E-state index in [2.05, 4.69) is 9.97 Å². The Morgan fingerprint density at radius 1 is 1.07 bits per heavy atom. The van der Waals surface area contributed by atoms with Gasteiger partial charge in [0, 0.05) is 30.4 Å². The Labute approximate surface area is 262 Å². The minimum atomic E-state index is -1.06. The molecule has 0 bridgehead atoms. The summed E-state index contributed by atoms with van der Waals surface area (Å²) in [5.74, 6) is -1.09. The summed E-state index contributed by atoms with van der Waals surface area (Å²) in [5.41, 5.74) is 1.91. The molecule has 7 rings (SSSR count). The normalized spacial score (nSPS) is 19.2. The second-order valence-electron chi connectivity index (χ2n) is 11.7. The molecule has 0 radical (unpaired) electrons. The van der Waals surface area contributed by atoms with Gasteiger partial charge in [0.05, 0.1) is 45.4 Å². The van der Waals surface area contributed by atoms with Crippen LogP contribution >= 0.6 is 11.6 Å². The van der Waals surface area contributed by atoms with Crippen molar-refractivity contribution in [2.45, 2.75) is 37.8 Å². The molecule has 0 saturated carbocycles. The number of benzene rings is 3. The van der Waals surface area contributed by atoms with Crippen LogP contribution in [0.15, 0.2) is 66.9 Å². The van der Waals surface area contributed by atoms with Crippen LogP contribution in [-0.4, -0.2) is 51.5 Å². The summed E-state index contributed by atoms with van der Waals surface area (Å²) in [4.78, 5) is 20.7. The average Bonchev–Trinajstić information content (AvgIpc) is 3.23. The van der Waals surface area contributed by atoms with Crippen LogP contribution in [-0.2, 0) is 23.1 Å². The van der Waals surface area contributed by atoms with Crippen LogP contribution in [0.1, 0.15) is 40.8 Å². The van der Waals surface area contributed by atoms with Gasteiger partial charge in [0.25, 0.3) is 0 Å². The summed E-state index contributed by atoms with van der Waals surface area (Å²) >= 11 is 6.02. The van der Waals surface area contributed by atoms with Gasteiger partial charge < -0.3 is 23.9 Å². The number of pyridine rings is 1. The smallest absolute Gasteiger partial charge is 0.335 e. The number of nitrogens with zero attached hydrogens (tertiary/aromatic N) is 3. The van der Waals surface area contributed by atoms with E-state index in [1.54, 1.807) is 42.6 Å². The molecule has 0 amide bonds. The fourth-order valence-corrected chi connectivity index (χ4v) is 5.87. The fourth-order valence-electron chi connectivity index (χ4n) is 5.76. The van der Waals surface area contributed by atoms with Gasteiger partial charge in [-0.15, -0.1) is 0 Å². The van der Waals surface area contributed by atoms with E-state index in [0.717, 1.165) is 12.1 Å². The molecule has 5 aromatic rings. The highest BCUT2D eigenvalue weighted by Crippen LogP contribution is 2.43. The van der Waals surface area contributed by atoms with Crippen LogP contribution in [0.5, 0.6) is 11.5 Å². The number of fused-ring (bicyclic) bond motifs is 2. The predicted octanol–water partition coefficient (Wildman–Crippen LogP) is 6.84. The van der Waals surface area contributed by atoms with E-state index < -0.39 is 23.0 Å². The number of rotatable bonds is 7. The molecular weight excluding hydrogens is 604 g/mol. The number of halogens is 3. The summed E-state index contributed by atoms with van der Waals surface area (Å²) < 4.78 is 51.5. The molecule has 0 spiro atoms. The standard InChI is InChI=1S/C34H28ClF2N3O5/c1-34(30-8-6-21(35)15-38-30)17-44-29-4-2-3-23(32(29)45-18-34)24-14-25(36)20(11-26(24)37)13-31-39-27-7-5-19(33(41)42)12-28(27)40(31)16-22-9-10-43-22/h2-8,11-12,14-15,22H,9-10,13,16-18H2,1H3,(H,41,42)/t22-,34?/m0/s1. The fraction of sp³-hybridized carbons (Fsp3) is 0.265. The zero-order valence-corrected chi connectivity index (χ0v) is 25.0. The summed E-state index contributed by atoms with van der Waals surface area (Å²) in [6, 6.07) is 15.7. The lowest BCUT2D eigenvalue weighted by Gasteiger charge is -2.27. The Morgan fingerprint density at radius 2 is 1.89 bits per heavy atom. The lowest BCUT2D eigenvalue weighted by atomic mass is 9.88. The molecule has 2 aliphatic heterocycles. The number of carboxylic acid groups (broad SMARTS) is 1. The number of ether oxygens (including phenoxy) is 3. The van der Waals surface area contributed by atoms with E-state index >= 15 is 8.78 Å². The van der Waals surface area contributed by atoms with Crippen LogP contribution in [0.25, 0.3) is 22.2 Å². The molecule has 11 heteroatoms. The molecular formula is C34H28ClF2N3O5. The second-order valence-corrected chi connectivity index (χ2v) is 12.1. The third-order valence-corrected chi connectivity index (χ3v) is 8.66. The second kappa shape index (κ2) is 11.4. The average molecular weight is 632 g/mol. The minimum Gasteiger partial charge on any atom is -0.489 e. The summed E-state index contributed by atoms with van der Waals surface area (Å²) in [6.45, 7) is 3.47. The van der Waals surface area contributed by atoms with Crippen LogP contribution < -0.4 is 9.47 Å². The molecule has 8 nitrogen and oxygen atoms in total. The highest BCUT2D eigenvalue weighted by Gasteiger charge is 2.35. The first-order valence-electron chi connectivity index (χ1n) is 14.5. The van der Waals surface area contributed by atoms with E-state index in [4.69, 9.17) is 25.8 Å². The summed E-state index contributed by atoms with van der Waals surface area (Å²) in [7, 11) is 0. The van der Waals surface area contributed by atoms with Gasteiger partial charge in [-0.3, -0.25) is 4.98 Å². The number of carbonyl (C=O) groups is 1. The third-order valence-electron chi connectivity index (χ3n) is 8.43. The maximum Gasteiger partial charge on any atom is 0.335 e. The highest BCUT2D eigenvalue weighted by atomic mass is 35.5. The van der Waals surface area contributed by atoms with Crippen LogP contribution in [0, 0.1) is 11.6 Å². The number of imidazole rings is 1. The molecule has 1 saturated heterocycles. The lowest BCUT2D eigenvalue weighted by molar-refractivity contribution is -0.0589. The molecule has 230 valence electrons. The van der Waals surface area contributed by atoms with E-state index in [0.29, 0.717) is 52.1 Å². The predicted molar refractivity (Wildman–Crippen MR) is 163 cm³/mol. The quantitative estimate of drug-likeness (QED) is 0.210. The number of aromatic nitrogens is 3. The maximum absolute atomic E-state index is 15.9. The number of aromatic carboxylic acids is 1. The van der Waals surface area contributed by atoms with Crippen molar-refractivity contribution in [3.8, 4) is 22.6 Å². The molecule has 4 heterocycles. The van der Waals surface area contributed by atoms with Crippen molar-refractivity contribution in [3.63, 3.8) is 0 Å². The van der Waals surface area contributed by atoms with Crippen molar-refractivity contribution < 1.29 is 32.9 Å². The third kappa shape index (κ3) is 5.49. The zero-order valence-electron chi connectivity index (χ0n) is 24.2. The first-order valence-corrected chi connectivity index (χ1v) is 14.9. The van der Waals surface area contributed by atoms with Gasteiger partial charge in [0.15, 0.2) is 11.5 Å². The van der Waals surface area contributed by atoms with E-state index in [1.165, 1.54) is 18.2 Å². The molecule has 2 aliphatic rings. The van der Waals surface area contributed by atoms with E-state index in [9.17, 15) is 9.90 Å². The molecule has 1 N–H and O–H groups in total. The first-order chi connectivity index (χ1) is 21.7. The van der Waals surface area contributed by atoms with Gasteiger partial charge in [-0.25, -0.2) is 18.6 Å². The molecule has 2 atom stereocenters. The minimum absolute atomic E-state index is 0.00814. The lowest BCUT2D eigenvalue weighted by Crippen LogP contribution is -2.35. The van der Waals surface area contributed by atoms with Crippen LogP contribution in [0.4, 0.5) is 8.78 Å². The molecule has 0 aliphatic carbocycles. The Hall–Kier alpha value is -4.54. The number of para-hydroxylation sites is 1.